The molecule has 3 heteroatoms. The van der Waals surface area contributed by atoms with Crippen LogP contribution in [0.4, 0.5) is 5.69 Å². The maximum atomic E-state index is 11.3. The molecule has 0 spiro atoms. The van der Waals surface area contributed by atoms with Gasteiger partial charge in [0.25, 0.3) is 0 Å². The molecule has 0 fully saturated rings. The van der Waals surface area contributed by atoms with Crippen LogP contribution >= 0.6 is 0 Å². The van der Waals surface area contributed by atoms with Gasteiger partial charge in [0.05, 0.1) is 5.56 Å². The van der Waals surface area contributed by atoms with Gasteiger partial charge in [0.1, 0.15) is 0 Å². The molecular weight excluding hydrogens is 238 g/mol. The van der Waals surface area contributed by atoms with Gasteiger partial charge in [-0.25, -0.2) is 4.79 Å². The van der Waals surface area contributed by atoms with Crippen LogP contribution in [0, 0.1) is 5.92 Å². The highest BCUT2D eigenvalue weighted by Gasteiger charge is 2.21. The lowest BCUT2D eigenvalue weighted by molar-refractivity contribution is 0.0695. The number of hydrogen-bond acceptors (Lipinski definition) is 2. The second-order valence-electron chi connectivity index (χ2n) is 5.74. The number of rotatable bonds is 5. The Kier molecular flexibility index (Phi) is 4.46. The summed E-state index contributed by atoms with van der Waals surface area (Å²) in [6.07, 6.45) is 4.34. The number of hydrogen-bond donors (Lipinski definition) is 1. The van der Waals surface area contributed by atoms with E-state index in [-0.39, 0.29) is 0 Å². The molecule has 1 aromatic carbocycles. The zero-order valence-corrected chi connectivity index (χ0v) is 11.9. The Bertz CT molecular complexity index is 454. The fraction of sp³-hybridized carbons (Fsp3) is 0.562. The number of carbonyl (C=O) groups is 1. The van der Waals surface area contributed by atoms with E-state index >= 15 is 0 Å². The first-order chi connectivity index (χ1) is 9.09. The number of nitrogens with zero attached hydrogens (tertiary/aromatic N) is 1. The molecule has 1 aliphatic rings. The number of aromatic carboxylic acids is 1. The lowest BCUT2D eigenvalue weighted by Gasteiger charge is -2.32. The molecule has 1 aromatic rings. The van der Waals surface area contributed by atoms with E-state index < -0.39 is 5.97 Å². The van der Waals surface area contributed by atoms with Crippen molar-refractivity contribution >= 4 is 11.7 Å². The molecule has 19 heavy (non-hydrogen) atoms. The summed E-state index contributed by atoms with van der Waals surface area (Å²) in [6.45, 7) is 6.57. The molecule has 0 saturated carbocycles. The summed E-state index contributed by atoms with van der Waals surface area (Å²) in [4.78, 5) is 13.6. The molecule has 3 nitrogen and oxygen atoms in total. The van der Waals surface area contributed by atoms with Crippen LogP contribution in [0.2, 0.25) is 0 Å². The smallest absolute Gasteiger partial charge is 0.336 e. The van der Waals surface area contributed by atoms with Crippen molar-refractivity contribution in [2.75, 3.05) is 18.0 Å². The van der Waals surface area contributed by atoms with Crippen LogP contribution in [0.25, 0.3) is 0 Å². The number of carboxylic acids is 1. The lowest BCUT2D eigenvalue weighted by Crippen LogP contribution is -2.31. The molecule has 0 atom stereocenters. The third-order valence-corrected chi connectivity index (χ3v) is 3.79. The Hall–Kier alpha value is -1.51. The van der Waals surface area contributed by atoms with Gasteiger partial charge in [-0.1, -0.05) is 19.9 Å². The molecule has 0 radical (unpaired) electrons. The minimum absolute atomic E-state index is 0.478. The summed E-state index contributed by atoms with van der Waals surface area (Å²) in [5.41, 5.74) is 2.63. The van der Waals surface area contributed by atoms with Crippen molar-refractivity contribution in [3.63, 3.8) is 0 Å². The van der Waals surface area contributed by atoms with Crippen LogP contribution in [0.3, 0.4) is 0 Å². The molecule has 0 bridgehead atoms. The summed E-state index contributed by atoms with van der Waals surface area (Å²) in [5, 5.41) is 9.26. The lowest BCUT2D eigenvalue weighted by atomic mass is 9.96. The van der Waals surface area contributed by atoms with E-state index in [1.54, 1.807) is 6.07 Å². The maximum Gasteiger partial charge on any atom is 0.336 e. The second-order valence-corrected chi connectivity index (χ2v) is 5.74. The van der Waals surface area contributed by atoms with E-state index in [0.717, 1.165) is 43.1 Å². The van der Waals surface area contributed by atoms with Gasteiger partial charge >= 0.3 is 5.97 Å². The minimum atomic E-state index is -0.805. The van der Waals surface area contributed by atoms with Gasteiger partial charge < -0.3 is 10.0 Å². The highest BCUT2D eigenvalue weighted by molar-refractivity contribution is 5.91. The normalized spacial score (nSPS) is 14.6. The number of fused-ring (bicyclic) bond motifs is 1. The average molecular weight is 261 g/mol. The van der Waals surface area contributed by atoms with E-state index in [1.165, 1.54) is 12.8 Å². The van der Waals surface area contributed by atoms with Gasteiger partial charge in [0, 0.05) is 18.8 Å². The molecule has 2 rings (SSSR count). The van der Waals surface area contributed by atoms with Crippen molar-refractivity contribution in [3.8, 4) is 0 Å². The topological polar surface area (TPSA) is 40.5 Å². The van der Waals surface area contributed by atoms with Gasteiger partial charge in [-0.2, -0.15) is 0 Å². The first-order valence-electron chi connectivity index (χ1n) is 7.19. The predicted octanol–water partition coefficient (Wildman–Crippen LogP) is 3.57. The van der Waals surface area contributed by atoms with Gasteiger partial charge in [-0.15, -0.1) is 0 Å². The van der Waals surface area contributed by atoms with E-state index in [9.17, 15) is 9.90 Å². The third-order valence-electron chi connectivity index (χ3n) is 3.79. The zero-order valence-electron chi connectivity index (χ0n) is 11.9. The van der Waals surface area contributed by atoms with Crippen LogP contribution in [0.5, 0.6) is 0 Å². The van der Waals surface area contributed by atoms with E-state index in [4.69, 9.17) is 0 Å². The molecule has 1 aliphatic heterocycles. The Morgan fingerprint density at radius 2 is 2.21 bits per heavy atom. The standard InChI is InChI=1S/C16H23NO2/c1-12(2)6-4-10-17-11-5-8-13-14(16(18)19)7-3-9-15(13)17/h3,7,9,12H,4-6,8,10-11H2,1-2H3,(H,18,19). The average Bonchev–Trinajstić information content (AvgIpc) is 2.37. The van der Waals surface area contributed by atoms with E-state index in [2.05, 4.69) is 24.8 Å². The van der Waals surface area contributed by atoms with Crippen LogP contribution in [-0.2, 0) is 6.42 Å². The first-order valence-corrected chi connectivity index (χ1v) is 7.19. The molecule has 0 amide bonds. The summed E-state index contributed by atoms with van der Waals surface area (Å²) in [7, 11) is 0. The Morgan fingerprint density at radius 1 is 1.42 bits per heavy atom. The predicted molar refractivity (Wildman–Crippen MR) is 78.0 cm³/mol. The van der Waals surface area contributed by atoms with Crippen LogP contribution in [0.15, 0.2) is 18.2 Å². The van der Waals surface area contributed by atoms with Gasteiger partial charge in [0.15, 0.2) is 0 Å². The summed E-state index contributed by atoms with van der Waals surface area (Å²) in [5.74, 6) is -0.0736. The van der Waals surface area contributed by atoms with Crippen LogP contribution in [0.1, 0.15) is 49.0 Å². The molecule has 1 heterocycles. The Morgan fingerprint density at radius 3 is 2.89 bits per heavy atom. The molecule has 0 aromatic heterocycles. The monoisotopic (exact) mass is 261 g/mol. The van der Waals surface area contributed by atoms with Crippen molar-refractivity contribution in [3.05, 3.63) is 29.3 Å². The molecule has 104 valence electrons. The summed E-state index contributed by atoms with van der Waals surface area (Å²) < 4.78 is 0. The third kappa shape index (κ3) is 3.28. The van der Waals surface area contributed by atoms with Crippen molar-refractivity contribution in [1.82, 2.24) is 0 Å². The molecule has 0 aliphatic carbocycles. The molecule has 0 unspecified atom stereocenters. The zero-order chi connectivity index (χ0) is 13.8. The fourth-order valence-corrected chi connectivity index (χ4v) is 2.82. The summed E-state index contributed by atoms with van der Waals surface area (Å²) >= 11 is 0. The van der Waals surface area contributed by atoms with Crippen LogP contribution < -0.4 is 4.90 Å². The van der Waals surface area contributed by atoms with Crippen molar-refractivity contribution in [2.24, 2.45) is 5.92 Å². The van der Waals surface area contributed by atoms with Gasteiger partial charge in [-0.05, 0) is 49.3 Å². The summed E-state index contributed by atoms with van der Waals surface area (Å²) in [6, 6.07) is 5.65. The highest BCUT2D eigenvalue weighted by Crippen LogP contribution is 2.30. The molecule has 0 saturated heterocycles. The molecular formula is C16H23NO2. The second kappa shape index (κ2) is 6.09. The van der Waals surface area contributed by atoms with Gasteiger partial charge in [0.2, 0.25) is 0 Å². The van der Waals surface area contributed by atoms with Crippen LogP contribution in [-0.4, -0.2) is 24.2 Å². The first kappa shape index (κ1) is 13.9. The van der Waals surface area contributed by atoms with Crippen molar-refractivity contribution in [2.45, 2.75) is 39.5 Å². The minimum Gasteiger partial charge on any atom is -0.478 e. The highest BCUT2D eigenvalue weighted by atomic mass is 16.4. The SMILES string of the molecule is CC(C)CCCN1CCCc2c(C(=O)O)cccc21. The maximum absolute atomic E-state index is 11.3. The largest absolute Gasteiger partial charge is 0.478 e. The Labute approximate surface area is 115 Å². The molecule has 1 N–H and O–H groups in total. The number of anilines is 1. The number of benzene rings is 1. The quantitative estimate of drug-likeness (QED) is 0.880. The van der Waals surface area contributed by atoms with Gasteiger partial charge in [-0.3, -0.25) is 0 Å². The van der Waals surface area contributed by atoms with Crippen molar-refractivity contribution < 1.29 is 9.90 Å². The number of carboxylic acid groups (broad SMARTS) is 1. The van der Waals surface area contributed by atoms with E-state index in [1.807, 2.05) is 6.07 Å². The Balaban J connectivity index is 2.15. The van der Waals surface area contributed by atoms with E-state index in [0.29, 0.717) is 5.56 Å². The fourth-order valence-electron chi connectivity index (χ4n) is 2.82. The van der Waals surface area contributed by atoms with Crippen molar-refractivity contribution in [1.29, 1.82) is 0 Å².